The molecule has 1 unspecified atom stereocenters. The van der Waals surface area contributed by atoms with E-state index in [4.69, 9.17) is 5.26 Å². The van der Waals surface area contributed by atoms with Crippen LogP contribution in [0.25, 0.3) is 0 Å². The highest BCUT2D eigenvalue weighted by Gasteiger charge is 2.01. The standard InChI is InChI=1S/C7H10N2O/c1-2-7(9-6-10)4-3-5-8/h7H,2-4H2,1H3. The molecule has 0 fully saturated rings. The number of nitrogens with zero attached hydrogens (tertiary/aromatic N) is 2. The highest BCUT2D eigenvalue weighted by Crippen LogP contribution is 2.03. The summed E-state index contributed by atoms with van der Waals surface area (Å²) >= 11 is 0. The second-order valence-electron chi connectivity index (χ2n) is 1.98. The van der Waals surface area contributed by atoms with Gasteiger partial charge in [-0.1, -0.05) is 6.92 Å². The zero-order valence-electron chi connectivity index (χ0n) is 6.00. The van der Waals surface area contributed by atoms with Crippen LogP contribution in [-0.2, 0) is 4.79 Å². The third-order valence-corrected chi connectivity index (χ3v) is 1.30. The number of hydrogen-bond acceptors (Lipinski definition) is 3. The fourth-order valence-electron chi connectivity index (χ4n) is 0.666. The van der Waals surface area contributed by atoms with Gasteiger partial charge in [0.1, 0.15) is 0 Å². The van der Waals surface area contributed by atoms with Crippen molar-refractivity contribution in [3.63, 3.8) is 0 Å². The first-order valence-electron chi connectivity index (χ1n) is 3.29. The topological polar surface area (TPSA) is 53.2 Å². The molecule has 0 aliphatic heterocycles. The summed E-state index contributed by atoms with van der Waals surface area (Å²) in [6, 6.07) is 2.00. The maximum Gasteiger partial charge on any atom is 0.235 e. The van der Waals surface area contributed by atoms with Gasteiger partial charge in [-0.05, 0) is 12.8 Å². The Hall–Kier alpha value is -1.13. The molecule has 0 saturated heterocycles. The Morgan fingerprint density at radius 3 is 2.80 bits per heavy atom. The fourth-order valence-corrected chi connectivity index (χ4v) is 0.666. The minimum absolute atomic E-state index is 0.00264. The third-order valence-electron chi connectivity index (χ3n) is 1.30. The van der Waals surface area contributed by atoms with Crippen LogP contribution in [0.1, 0.15) is 26.2 Å². The van der Waals surface area contributed by atoms with Crippen LogP contribution < -0.4 is 0 Å². The molecule has 3 heteroatoms. The molecule has 0 aliphatic carbocycles. The summed E-state index contributed by atoms with van der Waals surface area (Å²) in [6.45, 7) is 1.93. The van der Waals surface area contributed by atoms with E-state index < -0.39 is 0 Å². The first-order valence-corrected chi connectivity index (χ1v) is 3.29. The van der Waals surface area contributed by atoms with E-state index in [-0.39, 0.29) is 6.04 Å². The molecule has 1 atom stereocenters. The zero-order chi connectivity index (χ0) is 7.82. The summed E-state index contributed by atoms with van der Waals surface area (Å²) in [5.41, 5.74) is 0. The van der Waals surface area contributed by atoms with E-state index in [0.29, 0.717) is 12.8 Å². The van der Waals surface area contributed by atoms with E-state index in [1.54, 1.807) is 0 Å². The summed E-state index contributed by atoms with van der Waals surface area (Å²) in [7, 11) is 0. The Balaban J connectivity index is 3.62. The molecule has 0 aromatic rings. The van der Waals surface area contributed by atoms with E-state index in [0.717, 1.165) is 6.42 Å². The molecular weight excluding hydrogens is 128 g/mol. The van der Waals surface area contributed by atoms with Crippen molar-refractivity contribution in [3.8, 4) is 6.07 Å². The molecule has 0 saturated carbocycles. The maximum atomic E-state index is 9.76. The summed E-state index contributed by atoms with van der Waals surface area (Å²) < 4.78 is 0. The largest absolute Gasteiger partial charge is 0.235 e. The second-order valence-corrected chi connectivity index (χ2v) is 1.98. The molecule has 0 bridgehead atoms. The molecule has 3 nitrogen and oxygen atoms in total. The number of aliphatic imine (C=N–C) groups is 1. The SMILES string of the molecule is CCC(CCC#N)N=C=O. The molecule has 0 rings (SSSR count). The minimum Gasteiger partial charge on any atom is -0.211 e. The Labute approximate surface area is 60.4 Å². The Morgan fingerprint density at radius 1 is 1.70 bits per heavy atom. The lowest BCUT2D eigenvalue weighted by molar-refractivity contribution is 0.546. The third kappa shape index (κ3) is 3.82. The quantitative estimate of drug-likeness (QED) is 0.435. The second kappa shape index (κ2) is 6.00. The van der Waals surface area contributed by atoms with Crippen LogP contribution in [0, 0.1) is 11.3 Å². The summed E-state index contributed by atoms with van der Waals surface area (Å²) in [4.78, 5) is 13.3. The van der Waals surface area contributed by atoms with Gasteiger partial charge in [-0.3, -0.25) is 0 Å². The first kappa shape index (κ1) is 8.87. The van der Waals surface area contributed by atoms with Gasteiger partial charge < -0.3 is 0 Å². The van der Waals surface area contributed by atoms with Crippen molar-refractivity contribution in [2.45, 2.75) is 32.2 Å². The molecule has 0 aromatic heterocycles. The minimum atomic E-state index is -0.00264. The van der Waals surface area contributed by atoms with Gasteiger partial charge in [0.2, 0.25) is 6.08 Å². The van der Waals surface area contributed by atoms with Crippen LogP contribution in [0.15, 0.2) is 4.99 Å². The van der Waals surface area contributed by atoms with Crippen molar-refractivity contribution in [2.75, 3.05) is 0 Å². The summed E-state index contributed by atoms with van der Waals surface area (Å²) in [5.74, 6) is 0. The van der Waals surface area contributed by atoms with Crippen molar-refractivity contribution in [1.82, 2.24) is 0 Å². The van der Waals surface area contributed by atoms with Gasteiger partial charge in [0, 0.05) is 6.42 Å². The fraction of sp³-hybridized carbons (Fsp3) is 0.714. The predicted molar refractivity (Wildman–Crippen MR) is 37.0 cm³/mol. The van der Waals surface area contributed by atoms with E-state index in [1.165, 1.54) is 6.08 Å². The van der Waals surface area contributed by atoms with Gasteiger partial charge in [-0.2, -0.15) is 5.26 Å². The molecule has 10 heavy (non-hydrogen) atoms. The smallest absolute Gasteiger partial charge is 0.211 e. The molecule has 54 valence electrons. The van der Waals surface area contributed by atoms with Gasteiger partial charge >= 0.3 is 0 Å². The van der Waals surface area contributed by atoms with E-state index in [2.05, 4.69) is 4.99 Å². The number of hydrogen-bond donors (Lipinski definition) is 0. The first-order chi connectivity index (χ1) is 4.85. The molecule has 0 N–H and O–H groups in total. The highest BCUT2D eigenvalue weighted by molar-refractivity contribution is 5.33. The van der Waals surface area contributed by atoms with Crippen molar-refractivity contribution in [2.24, 2.45) is 4.99 Å². The molecule has 0 heterocycles. The van der Waals surface area contributed by atoms with Crippen LogP contribution >= 0.6 is 0 Å². The van der Waals surface area contributed by atoms with Crippen molar-refractivity contribution < 1.29 is 4.79 Å². The zero-order valence-corrected chi connectivity index (χ0v) is 6.00. The van der Waals surface area contributed by atoms with Crippen LogP contribution in [0.2, 0.25) is 0 Å². The van der Waals surface area contributed by atoms with Crippen LogP contribution in [0.5, 0.6) is 0 Å². The number of rotatable bonds is 4. The van der Waals surface area contributed by atoms with E-state index in [1.807, 2.05) is 13.0 Å². The van der Waals surface area contributed by atoms with Gasteiger partial charge in [-0.25, -0.2) is 9.79 Å². The average molecular weight is 138 g/mol. The summed E-state index contributed by atoms with van der Waals surface area (Å²) in [6.07, 6.45) is 3.43. The monoisotopic (exact) mass is 138 g/mol. The highest BCUT2D eigenvalue weighted by atomic mass is 16.1. The average Bonchev–Trinajstić information content (AvgIpc) is 1.98. The normalized spacial score (nSPS) is 11.2. The maximum absolute atomic E-state index is 9.76. The molecular formula is C7H10N2O. The van der Waals surface area contributed by atoms with Gasteiger partial charge in [0.15, 0.2) is 0 Å². The van der Waals surface area contributed by atoms with Crippen molar-refractivity contribution in [1.29, 1.82) is 5.26 Å². The molecule has 0 spiro atoms. The Bertz CT molecular complexity index is 165. The number of nitriles is 1. The van der Waals surface area contributed by atoms with Gasteiger partial charge in [0.25, 0.3) is 0 Å². The van der Waals surface area contributed by atoms with Gasteiger partial charge in [-0.15, -0.1) is 0 Å². The summed E-state index contributed by atoms with van der Waals surface area (Å²) in [5, 5.41) is 8.19. The van der Waals surface area contributed by atoms with Gasteiger partial charge in [0.05, 0.1) is 12.1 Å². The molecule has 0 aromatic carbocycles. The van der Waals surface area contributed by atoms with Crippen LogP contribution in [0.3, 0.4) is 0 Å². The Morgan fingerprint density at radius 2 is 2.40 bits per heavy atom. The van der Waals surface area contributed by atoms with E-state index >= 15 is 0 Å². The van der Waals surface area contributed by atoms with Crippen LogP contribution in [0.4, 0.5) is 0 Å². The molecule has 0 amide bonds. The number of isocyanates is 1. The lowest BCUT2D eigenvalue weighted by atomic mass is 10.1. The Kier molecular flexibility index (Phi) is 5.32. The lowest BCUT2D eigenvalue weighted by Gasteiger charge is -2.01. The van der Waals surface area contributed by atoms with Crippen LogP contribution in [-0.4, -0.2) is 12.1 Å². The predicted octanol–water partition coefficient (Wildman–Crippen LogP) is 1.40. The van der Waals surface area contributed by atoms with Crippen molar-refractivity contribution in [3.05, 3.63) is 0 Å². The lowest BCUT2D eigenvalue weighted by Crippen LogP contribution is -2.00. The molecule has 0 aliphatic rings. The molecule has 0 radical (unpaired) electrons. The van der Waals surface area contributed by atoms with Crippen molar-refractivity contribution >= 4 is 6.08 Å². The van der Waals surface area contributed by atoms with E-state index in [9.17, 15) is 4.79 Å². The number of carbonyl (C=O) groups excluding carboxylic acids is 1.